The van der Waals surface area contributed by atoms with E-state index in [1.165, 1.54) is 80.1 Å². The van der Waals surface area contributed by atoms with Gasteiger partial charge < -0.3 is 120 Å². The normalized spacial score (nSPS) is 15.4. The smallest absolute Gasteiger partial charge is 0.336 e. The number of benzene rings is 5. The highest BCUT2D eigenvalue weighted by molar-refractivity contribution is 7.80. The molecule has 1 fully saturated rings. The van der Waals surface area contributed by atoms with Gasteiger partial charge in [-0.2, -0.15) is 0 Å². The van der Waals surface area contributed by atoms with E-state index in [0.717, 1.165) is 4.90 Å². The number of fused-ring (bicyclic) bond motifs is 2. The summed E-state index contributed by atoms with van der Waals surface area (Å²) in [4.78, 5) is 243. The SMILES string of the molecule is CC[C@H](C)[C@H](NC(=O)[C@@H](NC(=O)c1ccccc1)C(C)(C)C)C(=O)N[C@H](C(=O)N[C@H](C(=O)N[C@H](C(=O)NCC(=O)N1CCC[C@H]1C(=O)N[C@@H](Cc1c[nH]cn1)C(=O)N[C@@H](CCC(=O)O)C(=O)N[C@@H](CCC(=O)O)C(=O)N[C@@H](Cc1ccc(O)cc1)C(=O)N[C@@H](CCCCNC(=S)Nc1ccc(-c2c3ccc(=O)cc-3oc3cc(O)ccc23)c(C(=O)O)c1)C(N)=O)[C@@H](C)O)[C@@H](C)CC)C(C)(C)C. The van der Waals surface area contributed by atoms with Crippen LogP contribution in [0.1, 0.15) is 179 Å². The second-order valence-electron chi connectivity index (χ2n) is 35.8. The van der Waals surface area contributed by atoms with Crippen molar-refractivity contribution >= 4 is 129 Å². The number of primary amides is 1. The van der Waals surface area contributed by atoms with E-state index in [4.69, 9.17) is 22.4 Å². The zero-order valence-corrected chi connectivity index (χ0v) is 78.2. The maximum atomic E-state index is 14.7. The minimum absolute atomic E-state index is 0.00290. The van der Waals surface area contributed by atoms with Crippen molar-refractivity contribution in [2.24, 2.45) is 28.4 Å². The third-order valence-electron chi connectivity index (χ3n) is 23.3. The molecule has 22 N–H and O–H groups in total. The van der Waals surface area contributed by atoms with E-state index in [0.29, 0.717) is 34.1 Å². The van der Waals surface area contributed by atoms with Gasteiger partial charge in [0.15, 0.2) is 10.5 Å². The second-order valence-corrected chi connectivity index (χ2v) is 36.3. The summed E-state index contributed by atoms with van der Waals surface area (Å²) in [5.41, 5.74) is 5.77. The lowest BCUT2D eigenvalue weighted by molar-refractivity contribution is -0.141. The topological polar surface area (TPSA) is 639 Å². The monoisotopic (exact) mass is 1900 g/mol. The minimum atomic E-state index is -1.88. The number of unbranched alkanes of at least 4 members (excludes halogenated alkanes) is 1. The van der Waals surface area contributed by atoms with Crippen molar-refractivity contribution in [3.05, 3.63) is 154 Å². The summed E-state index contributed by atoms with van der Waals surface area (Å²) in [6.07, 6.45) is -1.49. The molecule has 0 bridgehead atoms. The summed E-state index contributed by atoms with van der Waals surface area (Å²) < 4.78 is 5.93. The first-order chi connectivity index (χ1) is 64.2. The molecule has 2 aliphatic heterocycles. The van der Waals surface area contributed by atoms with Crippen LogP contribution >= 0.6 is 12.2 Å². The number of hydrogen-bond acceptors (Lipinski definition) is 23. The first kappa shape index (κ1) is 107. The van der Waals surface area contributed by atoms with Crippen molar-refractivity contribution in [3.63, 3.8) is 0 Å². The summed E-state index contributed by atoms with van der Waals surface area (Å²) in [5, 5.41) is 96.6. The number of imidazole rings is 1. The molecule has 1 aliphatic carbocycles. The first-order valence-electron chi connectivity index (χ1n) is 44.6. The van der Waals surface area contributed by atoms with Gasteiger partial charge in [-0.05, 0) is 159 Å². The molecule has 1 aromatic heterocycles. The number of nitrogens with one attached hydrogen (secondary N) is 14. The van der Waals surface area contributed by atoms with Crippen LogP contribution in [0.15, 0.2) is 131 Å². The Kier molecular flexibility index (Phi) is 38.5. The number of aliphatic carboxylic acids is 2. The maximum Gasteiger partial charge on any atom is 0.336 e. The Morgan fingerprint density at radius 2 is 1.11 bits per heavy atom. The van der Waals surface area contributed by atoms with Gasteiger partial charge in [0.2, 0.25) is 70.9 Å². The van der Waals surface area contributed by atoms with E-state index >= 15 is 0 Å². The summed E-state index contributed by atoms with van der Waals surface area (Å²) in [5.74, 6) is -17.7. The molecule has 732 valence electrons. The number of phenols is 2. The number of carboxylic acids is 3. The lowest BCUT2D eigenvalue weighted by atomic mass is 9.84. The van der Waals surface area contributed by atoms with Gasteiger partial charge in [-0.3, -0.25) is 76.7 Å². The van der Waals surface area contributed by atoms with E-state index in [2.05, 4.69) is 79.1 Å². The molecule has 14 atom stereocenters. The van der Waals surface area contributed by atoms with Crippen LogP contribution in [0.25, 0.3) is 33.4 Å². The number of carbonyl (C=O) groups is 16. The highest BCUT2D eigenvalue weighted by Gasteiger charge is 2.44. The van der Waals surface area contributed by atoms with Crippen LogP contribution in [0.3, 0.4) is 0 Å². The zero-order chi connectivity index (χ0) is 100. The average Bonchev–Trinajstić information content (AvgIpc) is 0.873. The predicted molar refractivity (Wildman–Crippen MR) is 501 cm³/mol. The van der Waals surface area contributed by atoms with Crippen molar-refractivity contribution in [1.29, 1.82) is 0 Å². The molecule has 41 nitrogen and oxygen atoms in total. The van der Waals surface area contributed by atoms with Gasteiger partial charge >= 0.3 is 17.9 Å². The summed E-state index contributed by atoms with van der Waals surface area (Å²) in [7, 11) is 0. The number of likely N-dealkylation sites (tertiary alicyclic amines) is 1. The van der Waals surface area contributed by atoms with Crippen LogP contribution in [-0.2, 0) is 80.0 Å². The average molecular weight is 1910 g/mol. The second kappa shape index (κ2) is 49.0. The molecule has 0 saturated carbocycles. The van der Waals surface area contributed by atoms with Crippen molar-refractivity contribution in [3.8, 4) is 33.9 Å². The molecule has 5 aromatic rings. The van der Waals surface area contributed by atoms with E-state index in [9.17, 15) is 112 Å². The molecule has 0 spiro atoms. The molecule has 1 saturated heterocycles. The lowest BCUT2D eigenvalue weighted by Crippen LogP contribution is -2.64. The quantitative estimate of drug-likeness (QED) is 0.0148. The summed E-state index contributed by atoms with van der Waals surface area (Å²) in [6, 6.07) is 9.78. The molecule has 3 aliphatic rings. The number of aromatic amines is 1. The number of phenolic OH excluding ortho intramolecular Hbond substituents is 2. The van der Waals surface area contributed by atoms with E-state index < -0.39 is 229 Å². The number of H-pyrrole nitrogens is 1. The number of carbonyl (C=O) groups excluding carboxylic acids is 13. The predicted octanol–water partition coefficient (Wildman–Crippen LogP) is 3.39. The fraction of sp³-hybridized carbons (Fsp3) is 0.457. The maximum absolute atomic E-state index is 14.7. The van der Waals surface area contributed by atoms with Gasteiger partial charge in [-0.25, -0.2) is 9.78 Å². The number of carboxylic acid groups (broad SMARTS) is 3. The van der Waals surface area contributed by atoms with Crippen LogP contribution in [0.2, 0.25) is 0 Å². The van der Waals surface area contributed by atoms with Crippen molar-refractivity contribution in [1.82, 2.24) is 78.7 Å². The van der Waals surface area contributed by atoms with Gasteiger partial charge in [-0.15, -0.1) is 0 Å². The Bertz CT molecular complexity index is 5530. The molecule has 0 radical (unpaired) electrons. The number of aliphatic hydroxyl groups is 1. The number of nitrogens with two attached hydrogens (primary N) is 1. The van der Waals surface area contributed by atoms with Gasteiger partial charge in [0, 0.05) is 84.9 Å². The highest BCUT2D eigenvalue weighted by atomic mass is 32.1. The number of hydrogen-bond donors (Lipinski definition) is 21. The molecule has 8 rings (SSSR count). The molecular weight excluding hydrogens is 1780 g/mol. The third kappa shape index (κ3) is 30.5. The van der Waals surface area contributed by atoms with Gasteiger partial charge in [-0.1, -0.05) is 118 Å². The highest BCUT2D eigenvalue weighted by Crippen LogP contribution is 2.43. The Labute approximate surface area is 789 Å². The van der Waals surface area contributed by atoms with E-state index in [1.54, 1.807) is 118 Å². The van der Waals surface area contributed by atoms with Crippen LogP contribution < -0.4 is 80.3 Å². The molecule has 4 aromatic carbocycles. The number of aromatic carboxylic acids is 1. The van der Waals surface area contributed by atoms with Crippen LogP contribution in [-0.4, -0.2) is 238 Å². The standard InChI is InChI=1S/C94H121N17O24S/c1-12-48(3)74(106-90(132)78(94(9,10)11)110-88(130)75(49(4)13-2)107-89(131)77(93(6,7)8)109-80(122)52-20-15-14-16-21-52)87(129)108-76(50(5)112)86(128)98-46-70(116)111-39-19-23-67(111)85(127)105-66(42-54-45-96-47-99-54)84(126)103-63(34-36-71(117)118)81(123)102-64(35-37-72(119)120)82(124)104-65(40-51-24-27-55(113)28-25-51)83(125)101-62(79(95)121)22-17-18-38-97-92(136)100-53-26-31-58(61(41-53)91(133)134)73-59-32-29-56(114)43-68(59)135-69-44-57(115)30-33-60(69)73/h14-16,20-21,24-33,41,43-45,47-50,62-67,74-78,112-114H,12-13,17-19,22-23,34-40,42,46H2,1-11H3,(H2,95,121)(H,96,99)(H,98,128)(H,101,125)(H,102,123)(H,103,126)(H,104,124)(H,105,127)(H,106,132)(H,107,131)(H,108,129)(H,109,122)(H,110,130)(H,117,118)(H,119,120)(H,133,134)(H2,97,100,136)/t48-,49-,50+,62-,63-,64-,65-,66-,67-,74-,75-,76-,77+,78+/m0/s1. The minimum Gasteiger partial charge on any atom is -0.508 e. The fourth-order valence-electron chi connectivity index (χ4n) is 15.3. The van der Waals surface area contributed by atoms with Crippen molar-refractivity contribution < 1.29 is 112 Å². The Morgan fingerprint density at radius 3 is 1.66 bits per heavy atom. The van der Waals surface area contributed by atoms with Crippen molar-refractivity contribution in [2.75, 3.05) is 25.0 Å². The van der Waals surface area contributed by atoms with Crippen LogP contribution in [0.4, 0.5) is 5.69 Å². The number of aromatic hydroxyl groups is 2. The van der Waals surface area contributed by atoms with Gasteiger partial charge in [0.25, 0.3) is 5.91 Å². The number of aromatic nitrogens is 2. The summed E-state index contributed by atoms with van der Waals surface area (Å²) >= 11 is 5.54. The zero-order valence-electron chi connectivity index (χ0n) is 77.4. The number of aliphatic hydroxyl groups excluding tert-OH is 1. The molecule has 42 heteroatoms. The Hall–Kier alpha value is -14.5. The molecular formula is C94H121N17O24S. The molecule has 13 amide bonds. The van der Waals surface area contributed by atoms with Gasteiger partial charge in [0.1, 0.15) is 89.3 Å². The largest absolute Gasteiger partial charge is 0.508 e. The van der Waals surface area contributed by atoms with E-state index in [-0.39, 0.29) is 114 Å². The third-order valence-corrected chi connectivity index (χ3v) is 23.5. The summed E-state index contributed by atoms with van der Waals surface area (Å²) in [6.45, 7) is 17.6. The van der Waals surface area contributed by atoms with Crippen LogP contribution in [0, 0.1) is 22.7 Å². The number of rotatable bonds is 47. The van der Waals surface area contributed by atoms with Crippen molar-refractivity contribution in [2.45, 2.75) is 232 Å². The number of thiocarbonyl (C=S) groups is 1. The van der Waals surface area contributed by atoms with Gasteiger partial charge in [0.05, 0.1) is 30.2 Å². The van der Waals surface area contributed by atoms with E-state index in [1.807, 2.05) is 0 Å². The molecule has 136 heavy (non-hydrogen) atoms. The first-order valence-corrected chi connectivity index (χ1v) is 45.0. The Morgan fingerprint density at radius 1 is 0.566 bits per heavy atom. The fourth-order valence-corrected chi connectivity index (χ4v) is 15.5. The Balaban J connectivity index is 0.894. The number of nitrogens with zero attached hydrogens (tertiary/aromatic N) is 2. The molecule has 0 unspecified atom stereocenters. The number of amides is 13. The molecule has 3 heterocycles. The lowest BCUT2D eigenvalue weighted by Gasteiger charge is -2.36. The number of anilines is 1. The van der Waals surface area contributed by atoms with Crippen LogP contribution in [0.5, 0.6) is 11.5 Å².